The number of amides is 1. The van der Waals surface area contributed by atoms with Gasteiger partial charge < -0.3 is 10.0 Å². The first-order valence-corrected chi connectivity index (χ1v) is 8.28. The zero-order valence-corrected chi connectivity index (χ0v) is 14.2. The molecule has 0 saturated carbocycles. The van der Waals surface area contributed by atoms with Crippen LogP contribution >= 0.6 is 11.3 Å². The zero-order valence-electron chi connectivity index (χ0n) is 13.4. The summed E-state index contributed by atoms with van der Waals surface area (Å²) >= 11 is 1.46. The van der Waals surface area contributed by atoms with Crippen LogP contribution in [0.15, 0.2) is 29.6 Å². The predicted octanol–water partition coefficient (Wildman–Crippen LogP) is 3.35. The highest BCUT2D eigenvalue weighted by atomic mass is 32.1. The molecule has 5 heteroatoms. The van der Waals surface area contributed by atoms with Crippen LogP contribution in [0.1, 0.15) is 36.8 Å². The number of benzene rings is 1. The molecule has 1 unspecified atom stereocenters. The molecule has 1 N–H and O–H groups in total. The Labute approximate surface area is 135 Å². The average Bonchev–Trinajstić information content (AvgIpc) is 2.94. The molecule has 1 heterocycles. The van der Waals surface area contributed by atoms with Crippen molar-refractivity contribution < 1.29 is 9.90 Å². The van der Waals surface area contributed by atoms with Crippen molar-refractivity contribution in [1.29, 1.82) is 0 Å². The molecule has 0 saturated heterocycles. The summed E-state index contributed by atoms with van der Waals surface area (Å²) in [5.41, 5.74) is 2.65. The quantitative estimate of drug-likeness (QED) is 0.920. The van der Waals surface area contributed by atoms with Gasteiger partial charge in [-0.25, -0.2) is 4.98 Å². The summed E-state index contributed by atoms with van der Waals surface area (Å²) in [5.74, 6) is -0.134. The van der Waals surface area contributed by atoms with Gasteiger partial charge in [-0.2, -0.15) is 0 Å². The fourth-order valence-corrected chi connectivity index (χ4v) is 2.96. The minimum atomic E-state index is -0.554. The second kappa shape index (κ2) is 7.03. The number of aliphatic hydroxyl groups is 1. The van der Waals surface area contributed by atoms with E-state index in [4.69, 9.17) is 0 Å². The number of aromatic nitrogens is 1. The van der Waals surface area contributed by atoms with E-state index >= 15 is 0 Å². The molecule has 0 radical (unpaired) electrons. The Morgan fingerprint density at radius 2 is 1.91 bits per heavy atom. The summed E-state index contributed by atoms with van der Waals surface area (Å²) < 4.78 is 0. The van der Waals surface area contributed by atoms with E-state index in [9.17, 15) is 9.90 Å². The van der Waals surface area contributed by atoms with Crippen molar-refractivity contribution in [3.8, 4) is 10.6 Å². The first-order chi connectivity index (χ1) is 10.4. The standard InChI is InChI=1S/C17H22N2O2S/c1-11(2)19(9-13(4)20)17(21)15-10-22-16(18-15)14-7-5-12(3)6-8-14/h5-8,10-11,13,20H,9H2,1-4H3. The van der Waals surface area contributed by atoms with Crippen LogP contribution in [0.2, 0.25) is 0 Å². The van der Waals surface area contributed by atoms with Crippen molar-refractivity contribution in [2.24, 2.45) is 0 Å². The van der Waals surface area contributed by atoms with E-state index < -0.39 is 6.10 Å². The van der Waals surface area contributed by atoms with E-state index in [0.717, 1.165) is 10.6 Å². The molecule has 118 valence electrons. The van der Waals surface area contributed by atoms with Crippen molar-refractivity contribution in [3.63, 3.8) is 0 Å². The average molecular weight is 318 g/mol. The number of hydrogen-bond donors (Lipinski definition) is 1. The van der Waals surface area contributed by atoms with Gasteiger partial charge in [-0.1, -0.05) is 29.8 Å². The summed E-state index contributed by atoms with van der Waals surface area (Å²) in [7, 11) is 0. The topological polar surface area (TPSA) is 53.4 Å². The lowest BCUT2D eigenvalue weighted by Gasteiger charge is -2.27. The Hall–Kier alpha value is -1.72. The Balaban J connectivity index is 2.22. The fourth-order valence-electron chi connectivity index (χ4n) is 2.16. The number of hydrogen-bond acceptors (Lipinski definition) is 4. The molecule has 0 bridgehead atoms. The summed E-state index contributed by atoms with van der Waals surface area (Å²) in [6.45, 7) is 7.91. The van der Waals surface area contributed by atoms with Gasteiger partial charge in [0.25, 0.3) is 5.91 Å². The molecule has 0 fully saturated rings. The smallest absolute Gasteiger partial charge is 0.273 e. The molecule has 1 atom stereocenters. The Morgan fingerprint density at radius 1 is 1.27 bits per heavy atom. The van der Waals surface area contributed by atoms with Gasteiger partial charge in [0, 0.05) is 23.5 Å². The number of nitrogens with zero attached hydrogens (tertiary/aromatic N) is 2. The number of carbonyl (C=O) groups is 1. The molecule has 1 aromatic carbocycles. The van der Waals surface area contributed by atoms with Crippen LogP contribution in [-0.2, 0) is 0 Å². The maximum Gasteiger partial charge on any atom is 0.273 e. The molecule has 2 rings (SSSR count). The van der Waals surface area contributed by atoms with Gasteiger partial charge >= 0.3 is 0 Å². The third kappa shape index (κ3) is 3.93. The molecule has 0 spiro atoms. The summed E-state index contributed by atoms with van der Waals surface area (Å²) in [6, 6.07) is 8.11. The normalized spacial score (nSPS) is 12.5. The number of rotatable bonds is 5. The molecule has 2 aromatic rings. The molecular weight excluding hydrogens is 296 g/mol. The first kappa shape index (κ1) is 16.6. The highest BCUT2D eigenvalue weighted by Gasteiger charge is 2.22. The maximum atomic E-state index is 12.6. The molecule has 22 heavy (non-hydrogen) atoms. The van der Waals surface area contributed by atoms with E-state index in [1.54, 1.807) is 17.2 Å². The molecule has 4 nitrogen and oxygen atoms in total. The fraction of sp³-hybridized carbons (Fsp3) is 0.412. The summed E-state index contributed by atoms with van der Waals surface area (Å²) in [6.07, 6.45) is -0.554. The number of thiazole rings is 1. The zero-order chi connectivity index (χ0) is 16.3. The second-order valence-corrected chi connectivity index (χ2v) is 6.66. The molecule has 1 amide bonds. The highest BCUT2D eigenvalue weighted by Crippen LogP contribution is 2.25. The van der Waals surface area contributed by atoms with Crippen LogP contribution in [-0.4, -0.2) is 39.6 Å². The number of carbonyl (C=O) groups excluding carboxylic acids is 1. The highest BCUT2D eigenvalue weighted by molar-refractivity contribution is 7.13. The van der Waals surface area contributed by atoms with Crippen LogP contribution in [0.3, 0.4) is 0 Å². The van der Waals surface area contributed by atoms with Crippen LogP contribution in [0, 0.1) is 6.92 Å². The first-order valence-electron chi connectivity index (χ1n) is 7.40. The molecule has 0 aliphatic rings. The van der Waals surface area contributed by atoms with Crippen LogP contribution in [0.25, 0.3) is 10.6 Å². The monoisotopic (exact) mass is 318 g/mol. The van der Waals surface area contributed by atoms with Gasteiger partial charge in [0.05, 0.1) is 6.10 Å². The molecule has 0 aliphatic carbocycles. The largest absolute Gasteiger partial charge is 0.392 e. The number of aryl methyl sites for hydroxylation is 1. The molecule has 0 aliphatic heterocycles. The van der Waals surface area contributed by atoms with Gasteiger partial charge in [0.2, 0.25) is 0 Å². The van der Waals surface area contributed by atoms with Crippen LogP contribution in [0.5, 0.6) is 0 Å². The van der Waals surface area contributed by atoms with E-state index in [-0.39, 0.29) is 11.9 Å². The lowest BCUT2D eigenvalue weighted by atomic mass is 10.2. The van der Waals surface area contributed by atoms with Gasteiger partial charge in [0.15, 0.2) is 0 Å². The van der Waals surface area contributed by atoms with Gasteiger partial charge in [-0.3, -0.25) is 4.79 Å². The van der Waals surface area contributed by atoms with Crippen molar-refractivity contribution in [1.82, 2.24) is 9.88 Å². The van der Waals surface area contributed by atoms with Crippen molar-refractivity contribution in [2.45, 2.75) is 39.8 Å². The SMILES string of the molecule is Cc1ccc(-c2nc(C(=O)N(CC(C)O)C(C)C)cs2)cc1. The van der Waals surface area contributed by atoms with Crippen molar-refractivity contribution >= 4 is 17.2 Å². The van der Waals surface area contributed by atoms with Gasteiger partial charge in [-0.15, -0.1) is 11.3 Å². The lowest BCUT2D eigenvalue weighted by molar-refractivity contribution is 0.0574. The Bertz CT molecular complexity index is 632. The van der Waals surface area contributed by atoms with Crippen LogP contribution in [0.4, 0.5) is 0 Å². The van der Waals surface area contributed by atoms with Crippen molar-refractivity contribution in [3.05, 3.63) is 40.9 Å². The molecular formula is C17H22N2O2S. The number of aliphatic hydroxyl groups excluding tert-OH is 1. The summed E-state index contributed by atoms with van der Waals surface area (Å²) in [4.78, 5) is 18.7. The second-order valence-electron chi connectivity index (χ2n) is 5.80. The van der Waals surface area contributed by atoms with Crippen molar-refractivity contribution in [2.75, 3.05) is 6.54 Å². The van der Waals surface area contributed by atoms with E-state index in [1.807, 2.05) is 45.0 Å². The minimum absolute atomic E-state index is 0.0200. The maximum absolute atomic E-state index is 12.6. The summed E-state index contributed by atoms with van der Waals surface area (Å²) in [5, 5.41) is 12.2. The van der Waals surface area contributed by atoms with E-state index in [0.29, 0.717) is 12.2 Å². The third-order valence-corrected chi connectivity index (χ3v) is 4.26. The van der Waals surface area contributed by atoms with E-state index in [2.05, 4.69) is 4.98 Å². The Morgan fingerprint density at radius 3 is 2.45 bits per heavy atom. The van der Waals surface area contributed by atoms with E-state index in [1.165, 1.54) is 16.9 Å². The predicted molar refractivity (Wildman–Crippen MR) is 90.1 cm³/mol. The Kier molecular flexibility index (Phi) is 5.32. The third-order valence-electron chi connectivity index (χ3n) is 3.37. The lowest BCUT2D eigenvalue weighted by Crippen LogP contribution is -2.41. The van der Waals surface area contributed by atoms with Crippen LogP contribution < -0.4 is 0 Å². The minimum Gasteiger partial charge on any atom is -0.392 e. The van der Waals surface area contributed by atoms with Gasteiger partial charge in [0.1, 0.15) is 10.7 Å². The molecule has 1 aromatic heterocycles. The van der Waals surface area contributed by atoms with Gasteiger partial charge in [-0.05, 0) is 27.7 Å².